The Bertz CT molecular complexity index is 340. The molecule has 0 radical (unpaired) electrons. The van der Waals surface area contributed by atoms with Crippen molar-refractivity contribution in [3.05, 3.63) is 12.2 Å². The van der Waals surface area contributed by atoms with Crippen LogP contribution in [0.3, 0.4) is 0 Å². The largest absolute Gasteiger partial charge is 0.329 e. The quantitative estimate of drug-likeness (QED) is 0.856. The first-order valence-electron chi connectivity index (χ1n) is 5.58. The third-order valence-electron chi connectivity index (χ3n) is 3.10. The second kappa shape index (κ2) is 4.45. The molecule has 1 aliphatic rings. The Hall–Kier alpha value is -1.04. The van der Waals surface area contributed by atoms with Crippen molar-refractivity contribution in [3.8, 4) is 0 Å². The number of aromatic nitrogens is 3. The summed E-state index contributed by atoms with van der Waals surface area (Å²) in [5, 5.41) is 7.84. The Morgan fingerprint density at radius 1 is 1.44 bits per heavy atom. The van der Waals surface area contributed by atoms with E-state index >= 15 is 0 Å². The van der Waals surface area contributed by atoms with Gasteiger partial charge in [-0.2, -0.15) is 0 Å². The van der Waals surface area contributed by atoms with Crippen LogP contribution in [0.15, 0.2) is 6.33 Å². The zero-order chi connectivity index (χ0) is 11.6. The van der Waals surface area contributed by atoms with Crippen LogP contribution in [-0.4, -0.2) is 27.2 Å². The van der Waals surface area contributed by atoms with Crippen LogP contribution in [-0.2, 0) is 6.54 Å². The number of hydrogen-bond donors (Lipinski definition) is 1. The predicted octanol–water partition coefficient (Wildman–Crippen LogP) is 1.53. The van der Waals surface area contributed by atoms with Crippen LogP contribution in [0.4, 0.5) is 8.78 Å². The van der Waals surface area contributed by atoms with Gasteiger partial charge in [0.1, 0.15) is 12.2 Å². The molecule has 0 spiro atoms. The molecule has 1 aromatic rings. The van der Waals surface area contributed by atoms with Gasteiger partial charge in [-0.1, -0.05) is 0 Å². The predicted molar refractivity (Wildman–Crippen MR) is 55.2 cm³/mol. The average Bonchev–Trinajstić information content (AvgIpc) is 2.67. The molecule has 1 saturated carbocycles. The van der Waals surface area contributed by atoms with Gasteiger partial charge in [0.05, 0.1) is 0 Å². The number of rotatable bonds is 3. The summed E-state index contributed by atoms with van der Waals surface area (Å²) in [4.78, 5) is 0. The average molecular weight is 230 g/mol. The molecule has 0 saturated heterocycles. The van der Waals surface area contributed by atoms with E-state index in [-0.39, 0.29) is 18.8 Å². The first kappa shape index (κ1) is 11.4. The molecule has 6 heteroatoms. The summed E-state index contributed by atoms with van der Waals surface area (Å²) in [7, 11) is 0. The van der Waals surface area contributed by atoms with Crippen LogP contribution in [0, 0.1) is 0 Å². The maximum atomic E-state index is 13.0. The summed E-state index contributed by atoms with van der Waals surface area (Å²) in [5.74, 6) is -1.58. The van der Waals surface area contributed by atoms with E-state index in [0.717, 1.165) is 5.82 Å². The topological polar surface area (TPSA) is 56.7 Å². The third kappa shape index (κ3) is 2.37. The minimum Gasteiger partial charge on any atom is -0.329 e. The lowest BCUT2D eigenvalue weighted by Crippen LogP contribution is -2.25. The molecule has 0 unspecified atom stereocenters. The minimum atomic E-state index is -2.49. The van der Waals surface area contributed by atoms with Crippen molar-refractivity contribution in [1.29, 1.82) is 0 Å². The van der Waals surface area contributed by atoms with Crippen LogP contribution >= 0.6 is 0 Å². The second-order valence-electron chi connectivity index (χ2n) is 4.30. The number of halogens is 2. The Morgan fingerprint density at radius 3 is 2.75 bits per heavy atom. The van der Waals surface area contributed by atoms with Crippen LogP contribution < -0.4 is 5.73 Å². The van der Waals surface area contributed by atoms with Gasteiger partial charge in [-0.05, 0) is 12.8 Å². The number of hydrogen-bond acceptors (Lipinski definition) is 3. The molecule has 90 valence electrons. The molecule has 0 bridgehead atoms. The fourth-order valence-corrected chi connectivity index (χ4v) is 2.19. The Labute approximate surface area is 92.8 Å². The maximum absolute atomic E-state index is 13.0. The summed E-state index contributed by atoms with van der Waals surface area (Å²) in [5.41, 5.74) is 5.46. The SMILES string of the molecule is NCCn1cnnc1C1CCC(F)(F)CC1. The van der Waals surface area contributed by atoms with Crippen LogP contribution in [0.25, 0.3) is 0 Å². The van der Waals surface area contributed by atoms with Gasteiger partial charge >= 0.3 is 0 Å². The van der Waals surface area contributed by atoms with E-state index in [0.29, 0.717) is 25.9 Å². The summed E-state index contributed by atoms with van der Waals surface area (Å²) in [6, 6.07) is 0. The van der Waals surface area contributed by atoms with E-state index in [2.05, 4.69) is 10.2 Å². The van der Waals surface area contributed by atoms with Crippen molar-refractivity contribution < 1.29 is 8.78 Å². The van der Waals surface area contributed by atoms with E-state index in [1.807, 2.05) is 4.57 Å². The summed E-state index contributed by atoms with van der Waals surface area (Å²) >= 11 is 0. The second-order valence-corrected chi connectivity index (χ2v) is 4.30. The van der Waals surface area contributed by atoms with E-state index in [4.69, 9.17) is 5.73 Å². The summed E-state index contributed by atoms with van der Waals surface area (Å²) < 4.78 is 27.9. The first-order chi connectivity index (χ1) is 7.62. The monoisotopic (exact) mass is 230 g/mol. The number of nitrogens with zero attached hydrogens (tertiary/aromatic N) is 3. The van der Waals surface area contributed by atoms with E-state index < -0.39 is 5.92 Å². The highest BCUT2D eigenvalue weighted by Gasteiger charge is 2.36. The van der Waals surface area contributed by atoms with Gasteiger partial charge in [0.25, 0.3) is 0 Å². The zero-order valence-electron chi connectivity index (χ0n) is 9.07. The molecule has 0 aliphatic heterocycles. The molecule has 1 fully saturated rings. The Kier molecular flexibility index (Phi) is 3.18. The lowest BCUT2D eigenvalue weighted by molar-refractivity contribution is -0.0390. The summed E-state index contributed by atoms with van der Waals surface area (Å²) in [6.07, 6.45) is 2.49. The highest BCUT2D eigenvalue weighted by atomic mass is 19.3. The van der Waals surface area contributed by atoms with E-state index in [1.54, 1.807) is 6.33 Å². The van der Waals surface area contributed by atoms with Gasteiger partial charge in [-0.15, -0.1) is 10.2 Å². The van der Waals surface area contributed by atoms with Crippen LogP contribution in [0.5, 0.6) is 0 Å². The molecule has 2 N–H and O–H groups in total. The first-order valence-corrected chi connectivity index (χ1v) is 5.58. The van der Waals surface area contributed by atoms with Gasteiger partial charge in [0.2, 0.25) is 5.92 Å². The van der Waals surface area contributed by atoms with Crippen molar-refractivity contribution in [2.75, 3.05) is 6.54 Å². The van der Waals surface area contributed by atoms with Crippen molar-refractivity contribution >= 4 is 0 Å². The van der Waals surface area contributed by atoms with Crippen molar-refractivity contribution in [2.45, 2.75) is 44.1 Å². The highest BCUT2D eigenvalue weighted by Crippen LogP contribution is 2.40. The van der Waals surface area contributed by atoms with Crippen molar-refractivity contribution in [1.82, 2.24) is 14.8 Å². The normalized spacial score (nSPS) is 21.2. The molecule has 0 aromatic carbocycles. The molecule has 1 aromatic heterocycles. The van der Waals surface area contributed by atoms with Gasteiger partial charge < -0.3 is 10.3 Å². The van der Waals surface area contributed by atoms with Crippen molar-refractivity contribution in [2.24, 2.45) is 5.73 Å². The molecule has 1 aliphatic carbocycles. The molecule has 0 amide bonds. The third-order valence-corrected chi connectivity index (χ3v) is 3.10. The molecule has 1 heterocycles. The fraction of sp³-hybridized carbons (Fsp3) is 0.800. The standard InChI is InChI=1S/C10H16F2N4/c11-10(12)3-1-8(2-4-10)9-15-14-7-16(9)6-5-13/h7-8H,1-6,13H2. The van der Waals surface area contributed by atoms with Crippen molar-refractivity contribution in [3.63, 3.8) is 0 Å². The molecular formula is C10H16F2N4. The highest BCUT2D eigenvalue weighted by molar-refractivity contribution is 5.00. The van der Waals surface area contributed by atoms with E-state index in [9.17, 15) is 8.78 Å². The number of nitrogens with two attached hydrogens (primary N) is 1. The van der Waals surface area contributed by atoms with E-state index in [1.165, 1.54) is 0 Å². The van der Waals surface area contributed by atoms with Crippen LogP contribution in [0.2, 0.25) is 0 Å². The molecule has 2 rings (SSSR count). The van der Waals surface area contributed by atoms with Gasteiger partial charge in [0.15, 0.2) is 0 Å². The molecular weight excluding hydrogens is 214 g/mol. The molecule has 0 atom stereocenters. The Balaban J connectivity index is 2.05. The zero-order valence-corrected chi connectivity index (χ0v) is 9.07. The molecule has 16 heavy (non-hydrogen) atoms. The number of alkyl halides is 2. The lowest BCUT2D eigenvalue weighted by Gasteiger charge is -2.27. The smallest absolute Gasteiger partial charge is 0.248 e. The fourth-order valence-electron chi connectivity index (χ4n) is 2.19. The summed E-state index contributed by atoms with van der Waals surface area (Å²) in [6.45, 7) is 1.16. The lowest BCUT2D eigenvalue weighted by atomic mass is 9.86. The minimum absolute atomic E-state index is 0.0485. The van der Waals surface area contributed by atoms with Gasteiger partial charge in [0, 0.05) is 31.8 Å². The maximum Gasteiger partial charge on any atom is 0.248 e. The van der Waals surface area contributed by atoms with Gasteiger partial charge in [-0.25, -0.2) is 8.78 Å². The van der Waals surface area contributed by atoms with Crippen LogP contribution in [0.1, 0.15) is 37.4 Å². The van der Waals surface area contributed by atoms with Gasteiger partial charge in [-0.3, -0.25) is 0 Å². The molecule has 4 nitrogen and oxygen atoms in total. The Morgan fingerprint density at radius 2 is 2.12 bits per heavy atom.